The van der Waals surface area contributed by atoms with Crippen LogP contribution in [0.25, 0.3) is 0 Å². The highest BCUT2D eigenvalue weighted by atomic mass is 79.9. The second-order valence-corrected chi connectivity index (χ2v) is 3.82. The van der Waals surface area contributed by atoms with Gasteiger partial charge >= 0.3 is 0 Å². The monoisotopic (exact) mass is 261 g/mol. The number of hydrogen-bond acceptors (Lipinski definition) is 2. The smallest absolute Gasteiger partial charge is 0.141 e. The fourth-order valence-electron chi connectivity index (χ4n) is 1.11. The molecule has 0 saturated carbocycles. The normalized spacial score (nSPS) is 10.5. The molecule has 0 aliphatic heterocycles. The van der Waals surface area contributed by atoms with E-state index in [1.165, 1.54) is 0 Å². The molecule has 14 heavy (non-hydrogen) atoms. The van der Waals surface area contributed by atoms with Gasteiger partial charge in [-0.15, -0.1) is 0 Å². The quantitative estimate of drug-likeness (QED) is 0.796. The molecule has 1 aromatic rings. The van der Waals surface area contributed by atoms with Crippen molar-refractivity contribution in [2.24, 2.45) is 0 Å². The van der Waals surface area contributed by atoms with Gasteiger partial charge in [-0.2, -0.15) is 0 Å². The fraction of sp³-hybridized carbons (Fsp3) is 0.400. The predicted molar refractivity (Wildman–Crippen MR) is 57.5 cm³/mol. The van der Waals surface area contributed by atoms with E-state index in [0.29, 0.717) is 29.5 Å². The maximum absolute atomic E-state index is 13.4. The lowest BCUT2D eigenvalue weighted by Gasteiger charge is -2.05. The van der Waals surface area contributed by atoms with Gasteiger partial charge in [-0.05, 0) is 35.0 Å². The highest BCUT2D eigenvalue weighted by molar-refractivity contribution is 9.10. The van der Waals surface area contributed by atoms with Crippen LogP contribution in [0.3, 0.4) is 0 Å². The Kier molecular flexibility index (Phi) is 5.07. The molecule has 2 N–H and O–H groups in total. The van der Waals surface area contributed by atoms with Crippen LogP contribution in [0.5, 0.6) is 0 Å². The van der Waals surface area contributed by atoms with Crippen molar-refractivity contribution in [2.45, 2.75) is 13.0 Å². The highest BCUT2D eigenvalue weighted by Crippen LogP contribution is 2.18. The summed E-state index contributed by atoms with van der Waals surface area (Å²) in [6, 6.07) is 5.22. The molecule has 1 rings (SSSR count). The van der Waals surface area contributed by atoms with Crippen LogP contribution < -0.4 is 5.32 Å². The van der Waals surface area contributed by atoms with E-state index in [-0.39, 0.29) is 12.4 Å². The average Bonchev–Trinajstić information content (AvgIpc) is 2.19. The summed E-state index contributed by atoms with van der Waals surface area (Å²) >= 11 is 3.13. The first kappa shape index (κ1) is 11.6. The number of halogens is 2. The minimum Gasteiger partial charge on any atom is -0.396 e. The zero-order chi connectivity index (χ0) is 10.4. The van der Waals surface area contributed by atoms with Crippen LogP contribution in [0.4, 0.5) is 4.39 Å². The van der Waals surface area contributed by atoms with Gasteiger partial charge in [0.1, 0.15) is 5.82 Å². The third kappa shape index (κ3) is 3.36. The Hall–Kier alpha value is -0.450. The van der Waals surface area contributed by atoms with Gasteiger partial charge in [-0.3, -0.25) is 0 Å². The zero-order valence-electron chi connectivity index (χ0n) is 7.76. The first-order valence-corrected chi connectivity index (χ1v) is 5.29. The van der Waals surface area contributed by atoms with E-state index in [0.717, 1.165) is 0 Å². The SMILES string of the molecule is OCCCNCc1cccc(Br)c1F. The summed E-state index contributed by atoms with van der Waals surface area (Å²) in [6.45, 7) is 1.35. The summed E-state index contributed by atoms with van der Waals surface area (Å²) < 4.78 is 13.9. The van der Waals surface area contributed by atoms with E-state index in [4.69, 9.17) is 5.11 Å². The van der Waals surface area contributed by atoms with Crippen molar-refractivity contribution in [2.75, 3.05) is 13.2 Å². The number of nitrogens with one attached hydrogen (secondary N) is 1. The molecule has 0 unspecified atom stereocenters. The van der Waals surface area contributed by atoms with Gasteiger partial charge in [0.15, 0.2) is 0 Å². The third-order valence-corrected chi connectivity index (χ3v) is 2.47. The summed E-state index contributed by atoms with van der Waals surface area (Å²) in [6.07, 6.45) is 0.690. The summed E-state index contributed by atoms with van der Waals surface area (Å²) in [5.41, 5.74) is 0.636. The second kappa shape index (κ2) is 6.11. The number of aliphatic hydroxyl groups excluding tert-OH is 1. The van der Waals surface area contributed by atoms with Crippen LogP contribution in [0.1, 0.15) is 12.0 Å². The Morgan fingerprint density at radius 1 is 1.43 bits per heavy atom. The molecule has 2 nitrogen and oxygen atoms in total. The molecule has 0 amide bonds. The number of rotatable bonds is 5. The van der Waals surface area contributed by atoms with Crippen LogP contribution in [0.15, 0.2) is 22.7 Å². The predicted octanol–water partition coefficient (Wildman–Crippen LogP) is 2.06. The van der Waals surface area contributed by atoms with Gasteiger partial charge in [0.2, 0.25) is 0 Å². The molecule has 0 atom stereocenters. The van der Waals surface area contributed by atoms with E-state index in [1.807, 2.05) is 0 Å². The van der Waals surface area contributed by atoms with Crippen LogP contribution >= 0.6 is 15.9 Å². The summed E-state index contributed by atoms with van der Waals surface area (Å²) in [5.74, 6) is -0.219. The molecule has 1 aromatic carbocycles. The van der Waals surface area contributed by atoms with Crippen molar-refractivity contribution >= 4 is 15.9 Å². The van der Waals surface area contributed by atoms with Gasteiger partial charge in [-0.1, -0.05) is 12.1 Å². The summed E-state index contributed by atoms with van der Waals surface area (Å²) in [7, 11) is 0. The maximum atomic E-state index is 13.4. The molecular formula is C10H13BrFNO. The van der Waals surface area contributed by atoms with E-state index in [2.05, 4.69) is 21.2 Å². The number of benzene rings is 1. The van der Waals surface area contributed by atoms with Gasteiger partial charge in [0.25, 0.3) is 0 Å². The standard InChI is InChI=1S/C10H13BrFNO/c11-9-4-1-3-8(10(9)12)7-13-5-2-6-14/h1,3-4,13-14H,2,5-7H2. The van der Waals surface area contributed by atoms with E-state index in [1.54, 1.807) is 18.2 Å². The first-order valence-electron chi connectivity index (χ1n) is 4.50. The molecule has 0 radical (unpaired) electrons. The minimum atomic E-state index is -0.219. The van der Waals surface area contributed by atoms with Crippen molar-refractivity contribution in [1.82, 2.24) is 5.32 Å². The topological polar surface area (TPSA) is 32.3 Å². The molecule has 0 aliphatic rings. The Morgan fingerprint density at radius 2 is 2.21 bits per heavy atom. The summed E-state index contributed by atoms with van der Waals surface area (Å²) in [4.78, 5) is 0. The Morgan fingerprint density at radius 3 is 2.93 bits per heavy atom. The van der Waals surface area contributed by atoms with Crippen molar-refractivity contribution < 1.29 is 9.50 Å². The number of hydrogen-bond donors (Lipinski definition) is 2. The van der Waals surface area contributed by atoms with Crippen LogP contribution in [-0.4, -0.2) is 18.3 Å². The molecule has 0 saturated heterocycles. The first-order chi connectivity index (χ1) is 6.75. The largest absolute Gasteiger partial charge is 0.396 e. The minimum absolute atomic E-state index is 0.161. The molecular weight excluding hydrogens is 249 g/mol. The highest BCUT2D eigenvalue weighted by Gasteiger charge is 2.04. The zero-order valence-corrected chi connectivity index (χ0v) is 9.35. The molecule has 0 heterocycles. The molecule has 0 aliphatic carbocycles. The van der Waals surface area contributed by atoms with Crippen LogP contribution in [-0.2, 0) is 6.54 Å². The van der Waals surface area contributed by atoms with Gasteiger partial charge in [0, 0.05) is 18.7 Å². The van der Waals surface area contributed by atoms with Gasteiger partial charge in [0.05, 0.1) is 4.47 Å². The van der Waals surface area contributed by atoms with Crippen molar-refractivity contribution in [3.8, 4) is 0 Å². The third-order valence-electron chi connectivity index (χ3n) is 1.86. The Bertz CT molecular complexity index is 293. The number of aliphatic hydroxyl groups is 1. The van der Waals surface area contributed by atoms with Crippen molar-refractivity contribution in [1.29, 1.82) is 0 Å². The van der Waals surface area contributed by atoms with E-state index >= 15 is 0 Å². The van der Waals surface area contributed by atoms with E-state index in [9.17, 15) is 4.39 Å². The van der Waals surface area contributed by atoms with Gasteiger partial charge < -0.3 is 10.4 Å². The summed E-state index contributed by atoms with van der Waals surface area (Å²) in [5, 5.41) is 11.6. The maximum Gasteiger partial charge on any atom is 0.141 e. The van der Waals surface area contributed by atoms with Crippen LogP contribution in [0, 0.1) is 5.82 Å². The van der Waals surface area contributed by atoms with Gasteiger partial charge in [-0.25, -0.2) is 4.39 Å². The lowest BCUT2D eigenvalue weighted by Crippen LogP contribution is -2.16. The fourth-order valence-corrected chi connectivity index (χ4v) is 1.52. The van der Waals surface area contributed by atoms with Crippen molar-refractivity contribution in [3.63, 3.8) is 0 Å². The lowest BCUT2D eigenvalue weighted by molar-refractivity contribution is 0.286. The Labute approximate surface area is 91.3 Å². The van der Waals surface area contributed by atoms with Crippen molar-refractivity contribution in [3.05, 3.63) is 34.1 Å². The molecule has 4 heteroatoms. The molecule has 78 valence electrons. The van der Waals surface area contributed by atoms with E-state index < -0.39 is 0 Å². The molecule has 0 fully saturated rings. The molecule has 0 spiro atoms. The lowest BCUT2D eigenvalue weighted by atomic mass is 10.2. The molecule has 0 aromatic heterocycles. The average molecular weight is 262 g/mol. The molecule has 0 bridgehead atoms. The van der Waals surface area contributed by atoms with Crippen LogP contribution in [0.2, 0.25) is 0 Å². The Balaban J connectivity index is 2.46. The second-order valence-electron chi connectivity index (χ2n) is 2.97.